The molecule has 0 bridgehead atoms. The van der Waals surface area contributed by atoms with Crippen LogP contribution in [0, 0.1) is 0 Å². The Labute approximate surface area is 240 Å². The Morgan fingerprint density at radius 2 is 1.83 bits per heavy atom. The minimum absolute atomic E-state index is 0.0229. The molecule has 4 aromatic rings. The molecule has 214 valence electrons. The van der Waals surface area contributed by atoms with Crippen molar-refractivity contribution in [2.45, 2.75) is 63.7 Å². The highest BCUT2D eigenvalue weighted by Crippen LogP contribution is 2.42. The second-order valence-corrected chi connectivity index (χ2v) is 11.2. The number of aromatic nitrogens is 4. The summed E-state index contributed by atoms with van der Waals surface area (Å²) in [6.45, 7) is 7.59. The monoisotopic (exact) mass is 554 g/mol. The molecule has 0 aliphatic carbocycles. The van der Waals surface area contributed by atoms with Gasteiger partial charge in [-0.1, -0.05) is 66.7 Å². The molecule has 1 aliphatic heterocycles. The van der Waals surface area contributed by atoms with Crippen molar-refractivity contribution in [2.24, 2.45) is 0 Å². The van der Waals surface area contributed by atoms with Crippen LogP contribution >= 0.6 is 0 Å². The number of nitrogens with zero attached hydrogens (tertiary/aromatic N) is 5. The number of carboxylic acids is 1. The molecule has 1 fully saturated rings. The molecule has 0 spiro atoms. The van der Waals surface area contributed by atoms with Crippen molar-refractivity contribution in [3.8, 4) is 17.1 Å². The summed E-state index contributed by atoms with van der Waals surface area (Å²) in [6, 6.07) is 26.8. The van der Waals surface area contributed by atoms with Gasteiger partial charge in [-0.2, -0.15) is 4.80 Å². The van der Waals surface area contributed by atoms with Gasteiger partial charge in [-0.25, -0.2) is 0 Å². The van der Waals surface area contributed by atoms with Crippen molar-refractivity contribution in [2.75, 3.05) is 13.1 Å². The van der Waals surface area contributed by atoms with E-state index >= 15 is 0 Å². The summed E-state index contributed by atoms with van der Waals surface area (Å²) < 4.78 is 0. The first-order valence-electron chi connectivity index (χ1n) is 14.2. The molecule has 3 N–H and O–H groups in total. The lowest BCUT2D eigenvalue weighted by Crippen LogP contribution is -2.64. The van der Waals surface area contributed by atoms with Crippen molar-refractivity contribution in [3.63, 3.8) is 0 Å². The average Bonchev–Trinajstić information content (AvgIpc) is 3.43. The first kappa shape index (κ1) is 28.4. The standard InChI is InChI=1S/C32H38N6O3/c1-23-20-37(21-24-9-4-3-5-10-24)32(2,22-33-23)30(27-11-8-12-28(39)19-27)25-14-16-26(17-15-25)31-34-36-38(35-31)18-7-6-13-29(40)41/h3-5,8-12,14-17,19,23,30,33,39H,6-7,13,18,20-22H2,1-2H3,(H,40,41)/t23?,30-,32?/m1/s1. The van der Waals surface area contributed by atoms with E-state index in [1.165, 1.54) is 10.4 Å². The third-order valence-corrected chi connectivity index (χ3v) is 8.02. The number of hydrogen-bond acceptors (Lipinski definition) is 7. The molecule has 5 rings (SSSR count). The summed E-state index contributed by atoms with van der Waals surface area (Å²) in [6.07, 6.45) is 1.39. The summed E-state index contributed by atoms with van der Waals surface area (Å²) in [5.74, 6) is -0.0282. The summed E-state index contributed by atoms with van der Waals surface area (Å²) >= 11 is 0. The van der Waals surface area contributed by atoms with Gasteiger partial charge in [0.2, 0.25) is 5.82 Å². The number of aromatic hydroxyl groups is 1. The van der Waals surface area contributed by atoms with Gasteiger partial charge in [0.15, 0.2) is 0 Å². The number of piperazine rings is 1. The third kappa shape index (κ3) is 6.81. The van der Waals surface area contributed by atoms with E-state index in [1.807, 2.05) is 30.3 Å². The van der Waals surface area contributed by atoms with E-state index in [0.29, 0.717) is 31.3 Å². The highest BCUT2D eigenvalue weighted by Gasteiger charge is 2.44. The highest BCUT2D eigenvalue weighted by atomic mass is 16.4. The minimum Gasteiger partial charge on any atom is -0.508 e. The molecule has 2 unspecified atom stereocenters. The zero-order valence-electron chi connectivity index (χ0n) is 23.6. The van der Waals surface area contributed by atoms with Crippen molar-refractivity contribution in [1.82, 2.24) is 30.4 Å². The number of carboxylic acid groups (broad SMARTS) is 1. The van der Waals surface area contributed by atoms with Crippen LogP contribution in [0.1, 0.15) is 55.7 Å². The second-order valence-electron chi connectivity index (χ2n) is 11.2. The predicted octanol–water partition coefficient (Wildman–Crippen LogP) is 4.69. The fourth-order valence-corrected chi connectivity index (χ4v) is 5.85. The zero-order valence-corrected chi connectivity index (χ0v) is 23.6. The summed E-state index contributed by atoms with van der Waals surface area (Å²) in [5, 5.41) is 35.9. The van der Waals surface area contributed by atoms with Crippen molar-refractivity contribution in [3.05, 3.63) is 95.6 Å². The molecule has 1 aliphatic rings. The van der Waals surface area contributed by atoms with Crippen molar-refractivity contribution >= 4 is 5.97 Å². The molecule has 41 heavy (non-hydrogen) atoms. The number of aryl methyl sites for hydroxylation is 1. The van der Waals surface area contributed by atoms with Crippen LogP contribution in [0.15, 0.2) is 78.9 Å². The normalized spacial score (nSPS) is 20.1. The Kier molecular flexibility index (Phi) is 8.75. The number of benzene rings is 3. The van der Waals surface area contributed by atoms with E-state index in [4.69, 9.17) is 5.11 Å². The van der Waals surface area contributed by atoms with E-state index in [0.717, 1.165) is 36.3 Å². The number of rotatable bonds is 11. The number of phenolic OH excluding ortho intramolecular Hbond substituents is 1. The zero-order chi connectivity index (χ0) is 28.8. The van der Waals surface area contributed by atoms with Crippen LogP contribution in [-0.2, 0) is 17.9 Å². The number of nitrogens with one attached hydrogen (secondary N) is 1. The van der Waals surface area contributed by atoms with E-state index < -0.39 is 5.97 Å². The van der Waals surface area contributed by atoms with Gasteiger partial charge in [0.1, 0.15) is 5.75 Å². The number of aliphatic carboxylic acids is 1. The molecule has 0 saturated carbocycles. The Balaban J connectivity index is 1.44. The molecular formula is C32H38N6O3. The van der Waals surface area contributed by atoms with Crippen molar-refractivity contribution in [1.29, 1.82) is 0 Å². The first-order valence-corrected chi connectivity index (χ1v) is 14.2. The van der Waals surface area contributed by atoms with Gasteiger partial charge in [0, 0.05) is 49.1 Å². The number of phenols is 1. The predicted molar refractivity (Wildman–Crippen MR) is 157 cm³/mol. The fourth-order valence-electron chi connectivity index (χ4n) is 5.85. The van der Waals surface area contributed by atoms with Crippen LogP contribution in [-0.4, -0.2) is 66.0 Å². The molecule has 1 saturated heterocycles. The van der Waals surface area contributed by atoms with Gasteiger partial charge in [0.25, 0.3) is 0 Å². The van der Waals surface area contributed by atoms with Crippen LogP contribution in [0.2, 0.25) is 0 Å². The maximum atomic E-state index is 10.7. The van der Waals surface area contributed by atoms with Gasteiger partial charge in [-0.05, 0) is 60.7 Å². The number of tetrazole rings is 1. The van der Waals surface area contributed by atoms with Gasteiger partial charge in [0.05, 0.1) is 6.54 Å². The smallest absolute Gasteiger partial charge is 0.303 e. The van der Waals surface area contributed by atoms with Gasteiger partial charge < -0.3 is 15.5 Å². The van der Waals surface area contributed by atoms with Crippen LogP contribution in [0.4, 0.5) is 0 Å². The van der Waals surface area contributed by atoms with E-state index in [-0.39, 0.29) is 23.6 Å². The van der Waals surface area contributed by atoms with Crippen LogP contribution in [0.5, 0.6) is 5.75 Å². The Hall–Kier alpha value is -4.08. The Bertz CT molecular complexity index is 1440. The SMILES string of the molecule is CC1CN(Cc2ccccc2)C(C)([C@H](c2ccc(-c3nnn(CCCCC(=O)O)n3)cc2)c2cccc(O)c2)CN1. The molecule has 0 radical (unpaired) electrons. The van der Waals surface area contributed by atoms with Crippen LogP contribution in [0.3, 0.4) is 0 Å². The van der Waals surface area contributed by atoms with E-state index in [1.54, 1.807) is 6.07 Å². The van der Waals surface area contributed by atoms with E-state index in [2.05, 4.69) is 81.9 Å². The molecule has 2 heterocycles. The molecule has 0 amide bonds. The topological polar surface area (TPSA) is 116 Å². The van der Waals surface area contributed by atoms with Gasteiger partial charge in [-0.3, -0.25) is 9.69 Å². The first-order chi connectivity index (χ1) is 19.8. The van der Waals surface area contributed by atoms with Crippen LogP contribution < -0.4 is 5.32 Å². The largest absolute Gasteiger partial charge is 0.508 e. The molecular weight excluding hydrogens is 516 g/mol. The molecule has 3 aromatic carbocycles. The fraction of sp³-hybridized carbons (Fsp3) is 0.375. The lowest BCUT2D eigenvalue weighted by atomic mass is 9.73. The summed E-state index contributed by atoms with van der Waals surface area (Å²) in [4.78, 5) is 14.8. The molecule has 9 heteroatoms. The summed E-state index contributed by atoms with van der Waals surface area (Å²) in [7, 11) is 0. The Morgan fingerprint density at radius 3 is 2.56 bits per heavy atom. The lowest BCUT2D eigenvalue weighted by molar-refractivity contribution is -0.137. The molecule has 9 nitrogen and oxygen atoms in total. The van der Waals surface area contributed by atoms with Crippen molar-refractivity contribution < 1.29 is 15.0 Å². The quantitative estimate of drug-likeness (QED) is 0.229. The van der Waals surface area contributed by atoms with Crippen LogP contribution in [0.25, 0.3) is 11.4 Å². The highest BCUT2D eigenvalue weighted by molar-refractivity contribution is 5.66. The maximum absolute atomic E-state index is 10.7. The van der Waals surface area contributed by atoms with E-state index in [9.17, 15) is 9.90 Å². The van der Waals surface area contributed by atoms with Gasteiger partial charge in [-0.15, -0.1) is 10.2 Å². The number of hydrogen-bond donors (Lipinski definition) is 3. The molecule has 3 atom stereocenters. The molecule has 1 aromatic heterocycles. The summed E-state index contributed by atoms with van der Waals surface area (Å²) in [5.41, 5.74) is 4.05. The number of unbranched alkanes of at least 4 members (excludes halogenated alkanes) is 1. The third-order valence-electron chi connectivity index (χ3n) is 8.02. The number of carbonyl (C=O) groups is 1. The Morgan fingerprint density at radius 1 is 1.05 bits per heavy atom. The second kappa shape index (κ2) is 12.6. The maximum Gasteiger partial charge on any atom is 0.303 e. The average molecular weight is 555 g/mol. The lowest BCUT2D eigenvalue weighted by Gasteiger charge is -2.52. The minimum atomic E-state index is -0.795. The van der Waals surface area contributed by atoms with Gasteiger partial charge >= 0.3 is 5.97 Å².